The molecule has 1 unspecified atom stereocenters. The molecule has 1 aliphatic heterocycles. The summed E-state index contributed by atoms with van der Waals surface area (Å²) in [6.45, 7) is 5.66. The van der Waals surface area contributed by atoms with E-state index < -0.39 is 51.6 Å². The van der Waals surface area contributed by atoms with Crippen LogP contribution in [0.5, 0.6) is 0 Å². The summed E-state index contributed by atoms with van der Waals surface area (Å²) in [5, 5.41) is 0. The van der Waals surface area contributed by atoms with Crippen molar-refractivity contribution in [1.29, 1.82) is 0 Å². The minimum atomic E-state index is -1.59. The van der Waals surface area contributed by atoms with Crippen molar-refractivity contribution in [3.63, 3.8) is 0 Å². The Kier molecular flexibility index (Phi) is 8.03. The smallest absolute Gasteiger partial charge is 0.418 e. The Hall–Kier alpha value is -1.90. The van der Waals surface area contributed by atoms with Crippen molar-refractivity contribution in [1.82, 2.24) is 0 Å². The van der Waals surface area contributed by atoms with Gasteiger partial charge in [0.05, 0.1) is 6.26 Å². The zero-order chi connectivity index (χ0) is 20.8. The van der Waals surface area contributed by atoms with Crippen molar-refractivity contribution in [2.24, 2.45) is 0 Å². The van der Waals surface area contributed by atoms with Crippen molar-refractivity contribution in [3.05, 3.63) is 35.9 Å². The first-order valence-corrected chi connectivity index (χ1v) is 11.1. The number of rotatable bonds is 7. The standard InChI is InChI=1S/C19H25F4N2O2S/c1-4-11-27-19(26)25(12-28(3)5-2)18-15(22)13(20)17(14(21)16(18)23)24-9-7-6-8-10-24/h4H,1,5-12H2,2-3H3/q+1. The fourth-order valence-electron chi connectivity index (χ4n) is 2.97. The van der Waals surface area contributed by atoms with Crippen molar-refractivity contribution in [2.45, 2.75) is 26.2 Å². The van der Waals surface area contributed by atoms with Gasteiger partial charge < -0.3 is 9.64 Å². The number of benzene rings is 1. The van der Waals surface area contributed by atoms with Crippen LogP contribution in [0.15, 0.2) is 12.7 Å². The highest BCUT2D eigenvalue weighted by Crippen LogP contribution is 2.37. The van der Waals surface area contributed by atoms with Gasteiger partial charge in [-0.2, -0.15) is 0 Å². The maximum Gasteiger partial charge on any atom is 0.418 e. The summed E-state index contributed by atoms with van der Waals surface area (Å²) in [5.41, 5.74) is -1.78. The number of amides is 1. The fraction of sp³-hybridized carbons (Fsp3) is 0.526. The maximum absolute atomic E-state index is 14.9. The van der Waals surface area contributed by atoms with Crippen LogP contribution in [0, 0.1) is 23.3 Å². The van der Waals surface area contributed by atoms with Gasteiger partial charge in [0.15, 0.2) is 29.1 Å². The Morgan fingerprint density at radius 3 is 2.21 bits per heavy atom. The van der Waals surface area contributed by atoms with Gasteiger partial charge in [-0.25, -0.2) is 27.3 Å². The number of hydrogen-bond donors (Lipinski definition) is 0. The lowest BCUT2D eigenvalue weighted by Crippen LogP contribution is -2.39. The molecular formula is C19H25F4N2O2S+. The molecule has 1 aliphatic rings. The molecule has 0 aliphatic carbocycles. The maximum atomic E-state index is 14.9. The van der Waals surface area contributed by atoms with E-state index >= 15 is 0 Å². The zero-order valence-electron chi connectivity index (χ0n) is 16.1. The van der Waals surface area contributed by atoms with E-state index in [0.717, 1.165) is 6.42 Å². The van der Waals surface area contributed by atoms with E-state index in [2.05, 4.69) is 6.58 Å². The summed E-state index contributed by atoms with van der Waals surface area (Å²) in [6.07, 6.45) is 4.22. The largest absolute Gasteiger partial charge is 0.445 e. The van der Waals surface area contributed by atoms with Gasteiger partial charge in [-0.3, -0.25) is 0 Å². The quantitative estimate of drug-likeness (QED) is 0.279. The van der Waals surface area contributed by atoms with Gasteiger partial charge in [0.2, 0.25) is 0 Å². The third-order valence-electron chi connectivity index (χ3n) is 4.55. The van der Waals surface area contributed by atoms with E-state index in [1.54, 1.807) is 6.26 Å². The van der Waals surface area contributed by atoms with Crippen LogP contribution >= 0.6 is 0 Å². The van der Waals surface area contributed by atoms with Crippen LogP contribution < -0.4 is 9.80 Å². The zero-order valence-corrected chi connectivity index (χ0v) is 16.9. The molecule has 0 radical (unpaired) electrons. The number of carbonyl (C=O) groups excluding carboxylic acids is 1. The lowest BCUT2D eigenvalue weighted by Gasteiger charge is -2.30. The predicted molar refractivity (Wildman–Crippen MR) is 105 cm³/mol. The van der Waals surface area contributed by atoms with Crippen molar-refractivity contribution in [3.8, 4) is 0 Å². The lowest BCUT2D eigenvalue weighted by atomic mass is 10.1. The molecule has 0 bridgehead atoms. The van der Waals surface area contributed by atoms with Crippen LogP contribution in [0.4, 0.5) is 33.7 Å². The third kappa shape index (κ3) is 4.74. The molecule has 9 heteroatoms. The summed E-state index contributed by atoms with van der Waals surface area (Å²) >= 11 is 0. The number of hydrogen-bond acceptors (Lipinski definition) is 3. The summed E-state index contributed by atoms with van der Waals surface area (Å²) in [4.78, 5) is 14.3. The minimum absolute atomic E-state index is 0.123. The topological polar surface area (TPSA) is 32.8 Å². The minimum Gasteiger partial charge on any atom is -0.445 e. The van der Waals surface area contributed by atoms with E-state index in [0.29, 0.717) is 36.6 Å². The molecule has 1 atom stereocenters. The molecule has 1 heterocycles. The van der Waals surface area contributed by atoms with Crippen LogP contribution in [0.1, 0.15) is 26.2 Å². The van der Waals surface area contributed by atoms with E-state index in [9.17, 15) is 22.4 Å². The number of nitrogens with zero attached hydrogens (tertiary/aromatic N) is 2. The van der Waals surface area contributed by atoms with Gasteiger partial charge in [0.25, 0.3) is 0 Å². The molecule has 1 saturated heterocycles. The van der Waals surface area contributed by atoms with Gasteiger partial charge in [-0.1, -0.05) is 12.7 Å². The summed E-state index contributed by atoms with van der Waals surface area (Å²) in [5.74, 6) is -5.69. The normalized spacial score (nSPS) is 15.3. The fourth-order valence-corrected chi connectivity index (χ4v) is 3.83. The van der Waals surface area contributed by atoms with Crippen molar-refractivity contribution in [2.75, 3.05) is 47.4 Å². The summed E-state index contributed by atoms with van der Waals surface area (Å²) in [6, 6.07) is 0. The van der Waals surface area contributed by atoms with Crippen molar-refractivity contribution < 1.29 is 27.1 Å². The molecule has 1 aromatic carbocycles. The molecule has 2 rings (SSSR count). The highest BCUT2D eigenvalue weighted by molar-refractivity contribution is 7.96. The molecular weight excluding hydrogens is 396 g/mol. The number of halogens is 4. The molecule has 28 heavy (non-hydrogen) atoms. The Morgan fingerprint density at radius 2 is 1.71 bits per heavy atom. The Bertz CT molecular complexity index is 697. The highest BCUT2D eigenvalue weighted by Gasteiger charge is 2.36. The predicted octanol–water partition coefficient (Wildman–Crippen LogP) is 4.59. The molecule has 156 valence electrons. The van der Waals surface area contributed by atoms with E-state index in [4.69, 9.17) is 4.74 Å². The van der Waals surface area contributed by atoms with E-state index in [-0.39, 0.29) is 12.5 Å². The average molecular weight is 421 g/mol. The van der Waals surface area contributed by atoms with Crippen LogP contribution in [0.25, 0.3) is 0 Å². The molecule has 0 spiro atoms. The second kappa shape index (κ2) is 10.0. The highest BCUT2D eigenvalue weighted by atomic mass is 32.2. The first-order chi connectivity index (χ1) is 13.3. The second-order valence-corrected chi connectivity index (χ2v) is 8.89. The molecule has 0 aromatic heterocycles. The Balaban J connectivity index is 2.53. The molecule has 1 aromatic rings. The first-order valence-electron chi connectivity index (χ1n) is 9.08. The van der Waals surface area contributed by atoms with Crippen LogP contribution in [-0.2, 0) is 15.6 Å². The third-order valence-corrected chi connectivity index (χ3v) is 6.23. The van der Waals surface area contributed by atoms with Gasteiger partial charge in [-0.15, -0.1) is 0 Å². The number of ether oxygens (including phenoxy) is 1. The van der Waals surface area contributed by atoms with Gasteiger partial charge in [0.1, 0.15) is 23.7 Å². The first kappa shape index (κ1) is 22.4. The Labute approximate surface area is 165 Å². The van der Waals surface area contributed by atoms with Gasteiger partial charge >= 0.3 is 6.09 Å². The van der Waals surface area contributed by atoms with Crippen LogP contribution in [0.2, 0.25) is 0 Å². The van der Waals surface area contributed by atoms with E-state index in [1.807, 2.05) is 6.92 Å². The number of carbonyl (C=O) groups is 1. The van der Waals surface area contributed by atoms with Crippen molar-refractivity contribution >= 4 is 28.4 Å². The number of anilines is 2. The van der Waals surface area contributed by atoms with Crippen LogP contribution in [-0.4, -0.2) is 43.7 Å². The second-order valence-electron chi connectivity index (χ2n) is 6.49. The Morgan fingerprint density at radius 1 is 1.14 bits per heavy atom. The molecule has 1 fully saturated rings. The molecule has 0 N–H and O–H groups in total. The average Bonchev–Trinajstić information content (AvgIpc) is 2.70. The molecule has 4 nitrogen and oxygen atoms in total. The van der Waals surface area contributed by atoms with Gasteiger partial charge in [-0.05, 0) is 26.2 Å². The molecule has 0 saturated carbocycles. The van der Waals surface area contributed by atoms with Gasteiger partial charge in [0, 0.05) is 24.0 Å². The lowest BCUT2D eigenvalue weighted by molar-refractivity contribution is 0.166. The van der Waals surface area contributed by atoms with E-state index in [1.165, 1.54) is 11.0 Å². The summed E-state index contributed by atoms with van der Waals surface area (Å²) < 4.78 is 64.1. The SMILES string of the molecule is C=CCOC(=O)N(C[S+](C)CC)c1c(F)c(F)c(N2CCCCC2)c(F)c1F. The molecule has 1 amide bonds. The summed E-state index contributed by atoms with van der Waals surface area (Å²) in [7, 11) is -0.462. The van der Waals surface area contributed by atoms with Crippen LogP contribution in [0.3, 0.4) is 0 Å². The monoisotopic (exact) mass is 421 g/mol. The number of piperidine rings is 1.